The van der Waals surface area contributed by atoms with Crippen molar-refractivity contribution in [2.75, 3.05) is 21.9 Å². The van der Waals surface area contributed by atoms with Gasteiger partial charge in [0.25, 0.3) is 0 Å². The Labute approximate surface area is 170 Å². The summed E-state index contributed by atoms with van der Waals surface area (Å²) in [5.41, 5.74) is 3.27. The van der Waals surface area contributed by atoms with Crippen LogP contribution in [0, 0.1) is 0 Å². The number of rotatable bonds is 6. The van der Waals surface area contributed by atoms with E-state index in [1.807, 2.05) is 24.3 Å². The molecular formula is C21H24N4O3S. The van der Waals surface area contributed by atoms with Crippen LogP contribution in [-0.2, 0) is 27.8 Å². The molecule has 1 aliphatic heterocycles. The third-order valence-corrected chi connectivity index (χ3v) is 7.02. The maximum Gasteiger partial charge on any atom is 0.235 e. The predicted molar refractivity (Wildman–Crippen MR) is 115 cm³/mol. The molecule has 0 saturated carbocycles. The van der Waals surface area contributed by atoms with E-state index in [4.69, 9.17) is 0 Å². The molecule has 1 fully saturated rings. The Hall–Kier alpha value is -2.87. The molecular weight excluding hydrogens is 388 g/mol. The third kappa shape index (κ3) is 3.98. The fourth-order valence-corrected chi connectivity index (χ4v) is 5.29. The van der Waals surface area contributed by atoms with Gasteiger partial charge in [0, 0.05) is 31.6 Å². The number of sulfonamides is 1. The van der Waals surface area contributed by atoms with Crippen molar-refractivity contribution in [1.29, 1.82) is 0 Å². The Balaban J connectivity index is 1.40. The van der Waals surface area contributed by atoms with E-state index in [0.29, 0.717) is 37.3 Å². The van der Waals surface area contributed by atoms with Crippen LogP contribution in [0.15, 0.2) is 48.5 Å². The zero-order valence-corrected chi connectivity index (χ0v) is 17.2. The van der Waals surface area contributed by atoms with Crippen LogP contribution in [0.3, 0.4) is 0 Å². The van der Waals surface area contributed by atoms with E-state index in [0.717, 1.165) is 23.3 Å². The standard InChI is InChI=1S/C21H24N4O3S/c1-2-20-23-18-6-3-4-7-19(18)24(20)14-12-21(26)22-16-8-10-17(11-9-16)25-13-5-15-29(25,27)28/h3-4,6-11H,2,5,12-15H2,1H3,(H,22,26). The first-order valence-electron chi connectivity index (χ1n) is 9.82. The van der Waals surface area contributed by atoms with Crippen LogP contribution < -0.4 is 9.62 Å². The van der Waals surface area contributed by atoms with E-state index >= 15 is 0 Å². The summed E-state index contributed by atoms with van der Waals surface area (Å²) in [4.78, 5) is 17.1. The topological polar surface area (TPSA) is 84.3 Å². The number of anilines is 2. The maximum absolute atomic E-state index is 12.4. The SMILES string of the molecule is CCc1nc2ccccc2n1CCC(=O)Nc1ccc(N2CCCS2(=O)=O)cc1. The van der Waals surface area contributed by atoms with Gasteiger partial charge in [-0.2, -0.15) is 0 Å². The first-order chi connectivity index (χ1) is 14.0. The average molecular weight is 413 g/mol. The molecule has 0 aliphatic carbocycles. The molecule has 0 bridgehead atoms. The fourth-order valence-electron chi connectivity index (χ4n) is 3.72. The van der Waals surface area contributed by atoms with Crippen molar-refractivity contribution >= 4 is 38.3 Å². The highest BCUT2D eigenvalue weighted by Gasteiger charge is 2.28. The zero-order chi connectivity index (χ0) is 20.4. The molecule has 0 unspecified atom stereocenters. The van der Waals surface area contributed by atoms with Crippen molar-refractivity contribution in [2.24, 2.45) is 0 Å². The van der Waals surface area contributed by atoms with E-state index in [9.17, 15) is 13.2 Å². The smallest absolute Gasteiger partial charge is 0.235 e. The van der Waals surface area contributed by atoms with E-state index in [1.54, 1.807) is 24.3 Å². The van der Waals surface area contributed by atoms with Gasteiger partial charge in [0.15, 0.2) is 0 Å². The first kappa shape index (κ1) is 19.4. The summed E-state index contributed by atoms with van der Waals surface area (Å²) in [5.74, 6) is 1.07. The Morgan fingerprint density at radius 2 is 1.90 bits per heavy atom. The molecule has 3 aromatic rings. The lowest BCUT2D eigenvalue weighted by molar-refractivity contribution is -0.116. The Morgan fingerprint density at radius 1 is 1.14 bits per heavy atom. The van der Waals surface area contributed by atoms with Gasteiger partial charge in [-0.15, -0.1) is 0 Å². The minimum atomic E-state index is -3.20. The minimum Gasteiger partial charge on any atom is -0.327 e. The molecule has 152 valence electrons. The summed E-state index contributed by atoms with van der Waals surface area (Å²) in [6.07, 6.45) is 1.77. The Kier molecular flexibility index (Phi) is 5.27. The largest absolute Gasteiger partial charge is 0.327 e. The zero-order valence-electron chi connectivity index (χ0n) is 16.3. The van der Waals surface area contributed by atoms with Crippen LogP contribution in [0.25, 0.3) is 11.0 Å². The van der Waals surface area contributed by atoms with Crippen molar-refractivity contribution in [2.45, 2.75) is 32.7 Å². The lowest BCUT2D eigenvalue weighted by Gasteiger charge is -2.17. The molecule has 2 aromatic carbocycles. The second kappa shape index (κ2) is 7.87. The Morgan fingerprint density at radius 3 is 2.59 bits per heavy atom. The van der Waals surface area contributed by atoms with Gasteiger partial charge in [0.2, 0.25) is 15.9 Å². The molecule has 7 nitrogen and oxygen atoms in total. The number of hydrogen-bond acceptors (Lipinski definition) is 4. The monoisotopic (exact) mass is 412 g/mol. The number of para-hydroxylation sites is 2. The number of imidazole rings is 1. The summed E-state index contributed by atoms with van der Waals surface area (Å²) in [7, 11) is -3.20. The van der Waals surface area contributed by atoms with Crippen LogP contribution in [-0.4, -0.2) is 36.2 Å². The molecule has 29 heavy (non-hydrogen) atoms. The van der Waals surface area contributed by atoms with Crippen LogP contribution >= 0.6 is 0 Å². The van der Waals surface area contributed by atoms with Gasteiger partial charge in [-0.25, -0.2) is 13.4 Å². The number of benzene rings is 2. The van der Waals surface area contributed by atoms with Crippen molar-refractivity contribution in [3.05, 3.63) is 54.4 Å². The molecule has 1 amide bonds. The number of hydrogen-bond donors (Lipinski definition) is 1. The highest BCUT2D eigenvalue weighted by molar-refractivity contribution is 7.93. The summed E-state index contributed by atoms with van der Waals surface area (Å²) < 4.78 is 27.6. The lowest BCUT2D eigenvalue weighted by atomic mass is 10.2. The van der Waals surface area contributed by atoms with Gasteiger partial charge in [0.1, 0.15) is 5.82 Å². The highest BCUT2D eigenvalue weighted by atomic mass is 32.2. The number of carbonyl (C=O) groups excluding carboxylic acids is 1. The minimum absolute atomic E-state index is 0.0913. The molecule has 1 N–H and O–H groups in total. The second-order valence-corrected chi connectivity index (χ2v) is 9.12. The van der Waals surface area contributed by atoms with Crippen molar-refractivity contribution in [3.63, 3.8) is 0 Å². The number of nitrogens with one attached hydrogen (secondary N) is 1. The van der Waals surface area contributed by atoms with Crippen LogP contribution in [0.5, 0.6) is 0 Å². The van der Waals surface area contributed by atoms with Crippen LogP contribution in [0.1, 0.15) is 25.6 Å². The van der Waals surface area contributed by atoms with Crippen LogP contribution in [0.4, 0.5) is 11.4 Å². The third-order valence-electron chi connectivity index (χ3n) is 5.15. The normalized spacial score (nSPS) is 15.7. The molecule has 4 rings (SSSR count). The molecule has 0 spiro atoms. The number of nitrogens with zero attached hydrogens (tertiary/aromatic N) is 3. The van der Waals surface area contributed by atoms with Crippen molar-refractivity contribution in [1.82, 2.24) is 9.55 Å². The molecule has 1 aromatic heterocycles. The van der Waals surface area contributed by atoms with Gasteiger partial charge in [-0.3, -0.25) is 9.10 Å². The summed E-state index contributed by atoms with van der Waals surface area (Å²) in [6, 6.07) is 14.9. The molecule has 2 heterocycles. The highest BCUT2D eigenvalue weighted by Crippen LogP contribution is 2.25. The van der Waals surface area contributed by atoms with Crippen molar-refractivity contribution in [3.8, 4) is 0 Å². The van der Waals surface area contributed by atoms with Gasteiger partial charge in [-0.05, 0) is 42.8 Å². The van der Waals surface area contributed by atoms with E-state index in [2.05, 4.69) is 21.8 Å². The maximum atomic E-state index is 12.4. The van der Waals surface area contributed by atoms with Crippen LogP contribution in [0.2, 0.25) is 0 Å². The number of aromatic nitrogens is 2. The van der Waals surface area contributed by atoms with Crippen molar-refractivity contribution < 1.29 is 13.2 Å². The van der Waals surface area contributed by atoms with E-state index in [-0.39, 0.29) is 11.7 Å². The van der Waals surface area contributed by atoms with Gasteiger partial charge in [0.05, 0.1) is 22.5 Å². The Bertz CT molecular complexity index is 1140. The first-order valence-corrected chi connectivity index (χ1v) is 11.4. The number of fused-ring (bicyclic) bond motifs is 1. The average Bonchev–Trinajstić information content (AvgIpc) is 3.26. The summed E-state index contributed by atoms with van der Waals surface area (Å²) in [5, 5.41) is 2.89. The fraction of sp³-hybridized carbons (Fsp3) is 0.333. The quantitative estimate of drug-likeness (QED) is 0.674. The molecule has 0 atom stereocenters. The number of carbonyl (C=O) groups is 1. The lowest BCUT2D eigenvalue weighted by Crippen LogP contribution is -2.25. The second-order valence-electron chi connectivity index (χ2n) is 7.11. The van der Waals surface area contributed by atoms with E-state index < -0.39 is 10.0 Å². The van der Waals surface area contributed by atoms with Gasteiger partial charge >= 0.3 is 0 Å². The molecule has 0 radical (unpaired) electrons. The van der Waals surface area contributed by atoms with Gasteiger partial charge in [-0.1, -0.05) is 19.1 Å². The number of amides is 1. The summed E-state index contributed by atoms with van der Waals surface area (Å²) >= 11 is 0. The molecule has 8 heteroatoms. The summed E-state index contributed by atoms with van der Waals surface area (Å²) in [6.45, 7) is 3.12. The molecule has 1 saturated heterocycles. The van der Waals surface area contributed by atoms with Gasteiger partial charge < -0.3 is 9.88 Å². The van der Waals surface area contributed by atoms with E-state index in [1.165, 1.54) is 4.31 Å². The number of aryl methyl sites for hydroxylation is 2. The predicted octanol–water partition coefficient (Wildman–Crippen LogP) is 3.17. The molecule has 1 aliphatic rings.